The maximum atomic E-state index is 10.7. The van der Waals surface area contributed by atoms with Crippen LogP contribution in [0.2, 0.25) is 0 Å². The first kappa shape index (κ1) is 11.6. The van der Waals surface area contributed by atoms with Gasteiger partial charge in [-0.1, -0.05) is 0 Å². The first-order chi connectivity index (χ1) is 7.04. The van der Waals surface area contributed by atoms with E-state index in [1.54, 1.807) is 7.11 Å². The molecule has 0 unspecified atom stereocenters. The maximum Gasteiger partial charge on any atom is 0.302 e. The normalized spacial score (nSPS) is 9.87. The summed E-state index contributed by atoms with van der Waals surface area (Å²) in [5.41, 5.74) is 3.10. The van der Waals surface area contributed by atoms with Gasteiger partial charge in [-0.25, -0.2) is 0 Å². The molecule has 0 N–H and O–H groups in total. The van der Waals surface area contributed by atoms with Crippen LogP contribution in [-0.2, 0) is 16.1 Å². The molecule has 0 aliphatic carbocycles. The predicted octanol–water partition coefficient (Wildman–Crippen LogP) is 2.38. The molecule has 3 nitrogen and oxygen atoms in total. The fourth-order valence-electron chi connectivity index (χ4n) is 1.63. The van der Waals surface area contributed by atoms with Gasteiger partial charge >= 0.3 is 5.97 Å². The maximum absolute atomic E-state index is 10.7. The van der Waals surface area contributed by atoms with E-state index in [1.807, 2.05) is 26.0 Å². The number of hydrogen-bond donors (Lipinski definition) is 0. The average Bonchev–Trinajstić information content (AvgIpc) is 2.14. The van der Waals surface area contributed by atoms with Crippen LogP contribution in [0.1, 0.15) is 23.6 Å². The lowest BCUT2D eigenvalue weighted by Gasteiger charge is -2.11. The quantitative estimate of drug-likeness (QED) is 0.715. The largest absolute Gasteiger partial charge is 0.496 e. The standard InChI is InChI=1S/C12H16O3/c1-8-5-11(7-15-10(3)13)6-9(2)12(8)14-4/h5-6H,7H2,1-4H3. The molecule has 0 spiro atoms. The van der Waals surface area contributed by atoms with Gasteiger partial charge in [-0.3, -0.25) is 4.79 Å². The highest BCUT2D eigenvalue weighted by Gasteiger charge is 2.05. The number of hydrogen-bond acceptors (Lipinski definition) is 3. The Kier molecular flexibility index (Phi) is 3.72. The van der Waals surface area contributed by atoms with E-state index in [0.717, 1.165) is 22.4 Å². The molecule has 0 saturated heterocycles. The number of aryl methyl sites for hydroxylation is 2. The Morgan fingerprint density at radius 3 is 2.20 bits per heavy atom. The lowest BCUT2D eigenvalue weighted by Crippen LogP contribution is -2.00. The molecule has 1 aromatic carbocycles. The fraction of sp³-hybridized carbons (Fsp3) is 0.417. The van der Waals surface area contributed by atoms with E-state index in [4.69, 9.17) is 9.47 Å². The molecule has 0 radical (unpaired) electrons. The summed E-state index contributed by atoms with van der Waals surface area (Å²) in [6.07, 6.45) is 0. The van der Waals surface area contributed by atoms with Crippen LogP contribution in [0.5, 0.6) is 5.75 Å². The molecule has 0 aliphatic heterocycles. The molecule has 0 atom stereocenters. The van der Waals surface area contributed by atoms with Crippen LogP contribution in [0, 0.1) is 13.8 Å². The van der Waals surface area contributed by atoms with E-state index < -0.39 is 0 Å². The molecule has 0 aliphatic rings. The molecular formula is C12H16O3. The number of carbonyl (C=O) groups excluding carboxylic acids is 1. The van der Waals surface area contributed by atoms with Crippen LogP contribution in [0.25, 0.3) is 0 Å². The molecular weight excluding hydrogens is 192 g/mol. The lowest BCUT2D eigenvalue weighted by atomic mass is 10.1. The Balaban J connectivity index is 2.88. The molecule has 3 heteroatoms. The van der Waals surface area contributed by atoms with Gasteiger partial charge in [-0.05, 0) is 42.7 Å². The summed E-state index contributed by atoms with van der Waals surface area (Å²) in [7, 11) is 1.65. The molecule has 1 aromatic rings. The average molecular weight is 208 g/mol. The van der Waals surface area contributed by atoms with Crippen molar-refractivity contribution in [3.63, 3.8) is 0 Å². The van der Waals surface area contributed by atoms with Crippen molar-refractivity contribution in [2.45, 2.75) is 27.4 Å². The van der Waals surface area contributed by atoms with Gasteiger partial charge in [-0.2, -0.15) is 0 Å². The zero-order chi connectivity index (χ0) is 11.4. The minimum absolute atomic E-state index is 0.263. The second-order valence-electron chi connectivity index (χ2n) is 3.54. The predicted molar refractivity (Wildman–Crippen MR) is 57.9 cm³/mol. The van der Waals surface area contributed by atoms with Crippen LogP contribution < -0.4 is 4.74 Å². The van der Waals surface area contributed by atoms with E-state index in [-0.39, 0.29) is 5.97 Å². The molecule has 15 heavy (non-hydrogen) atoms. The zero-order valence-electron chi connectivity index (χ0n) is 9.59. The summed E-state index contributed by atoms with van der Waals surface area (Å²) < 4.78 is 10.2. The molecule has 0 saturated carbocycles. The number of methoxy groups -OCH3 is 1. The smallest absolute Gasteiger partial charge is 0.302 e. The van der Waals surface area contributed by atoms with Gasteiger partial charge in [0.2, 0.25) is 0 Å². The highest BCUT2D eigenvalue weighted by molar-refractivity contribution is 5.66. The fourth-order valence-corrected chi connectivity index (χ4v) is 1.63. The van der Waals surface area contributed by atoms with Crippen molar-refractivity contribution >= 4 is 5.97 Å². The lowest BCUT2D eigenvalue weighted by molar-refractivity contribution is -0.142. The van der Waals surface area contributed by atoms with Crippen LogP contribution in [-0.4, -0.2) is 13.1 Å². The molecule has 1 rings (SSSR count). The highest BCUT2D eigenvalue weighted by Crippen LogP contribution is 2.24. The second-order valence-corrected chi connectivity index (χ2v) is 3.54. The Hall–Kier alpha value is -1.51. The Bertz CT molecular complexity index is 346. The third kappa shape index (κ3) is 2.98. The van der Waals surface area contributed by atoms with Crippen molar-refractivity contribution in [3.8, 4) is 5.75 Å². The van der Waals surface area contributed by atoms with Gasteiger partial charge in [0.25, 0.3) is 0 Å². The Labute approximate surface area is 90.0 Å². The van der Waals surface area contributed by atoms with Gasteiger partial charge in [0.05, 0.1) is 7.11 Å². The van der Waals surface area contributed by atoms with Crippen molar-refractivity contribution < 1.29 is 14.3 Å². The Morgan fingerprint density at radius 2 is 1.80 bits per heavy atom. The third-order valence-corrected chi connectivity index (χ3v) is 2.17. The summed E-state index contributed by atoms with van der Waals surface area (Å²) in [5.74, 6) is 0.627. The summed E-state index contributed by atoms with van der Waals surface area (Å²) in [4.78, 5) is 10.7. The number of carbonyl (C=O) groups is 1. The first-order valence-corrected chi connectivity index (χ1v) is 4.82. The Morgan fingerprint density at radius 1 is 1.27 bits per heavy atom. The van der Waals surface area contributed by atoms with E-state index in [0.29, 0.717) is 6.61 Å². The minimum Gasteiger partial charge on any atom is -0.496 e. The summed E-state index contributed by atoms with van der Waals surface area (Å²) in [6, 6.07) is 3.93. The van der Waals surface area contributed by atoms with Crippen LogP contribution in [0.3, 0.4) is 0 Å². The van der Waals surface area contributed by atoms with Crippen molar-refractivity contribution in [2.24, 2.45) is 0 Å². The molecule has 0 fully saturated rings. The van der Waals surface area contributed by atoms with Gasteiger partial charge in [0.15, 0.2) is 0 Å². The first-order valence-electron chi connectivity index (χ1n) is 4.82. The monoisotopic (exact) mass is 208 g/mol. The zero-order valence-corrected chi connectivity index (χ0v) is 9.59. The van der Waals surface area contributed by atoms with Crippen LogP contribution in [0.4, 0.5) is 0 Å². The molecule has 0 aromatic heterocycles. The van der Waals surface area contributed by atoms with Crippen molar-refractivity contribution in [2.75, 3.05) is 7.11 Å². The topological polar surface area (TPSA) is 35.5 Å². The van der Waals surface area contributed by atoms with E-state index >= 15 is 0 Å². The number of benzene rings is 1. The van der Waals surface area contributed by atoms with Gasteiger partial charge < -0.3 is 9.47 Å². The van der Waals surface area contributed by atoms with E-state index in [1.165, 1.54) is 6.92 Å². The van der Waals surface area contributed by atoms with Gasteiger partial charge in [0.1, 0.15) is 12.4 Å². The summed E-state index contributed by atoms with van der Waals surface area (Å²) in [5, 5.41) is 0. The van der Waals surface area contributed by atoms with E-state index in [9.17, 15) is 4.79 Å². The molecule has 0 heterocycles. The summed E-state index contributed by atoms with van der Waals surface area (Å²) >= 11 is 0. The SMILES string of the molecule is COc1c(C)cc(COC(C)=O)cc1C. The number of rotatable bonds is 3. The van der Waals surface area contributed by atoms with Crippen LogP contribution in [0.15, 0.2) is 12.1 Å². The number of esters is 1. The number of ether oxygens (including phenoxy) is 2. The summed E-state index contributed by atoms with van der Waals surface area (Å²) in [6.45, 7) is 5.68. The van der Waals surface area contributed by atoms with Crippen LogP contribution >= 0.6 is 0 Å². The third-order valence-electron chi connectivity index (χ3n) is 2.17. The molecule has 0 bridgehead atoms. The van der Waals surface area contributed by atoms with Gasteiger partial charge in [-0.15, -0.1) is 0 Å². The van der Waals surface area contributed by atoms with Crippen molar-refractivity contribution in [1.82, 2.24) is 0 Å². The van der Waals surface area contributed by atoms with Crippen molar-refractivity contribution in [3.05, 3.63) is 28.8 Å². The molecule has 0 amide bonds. The van der Waals surface area contributed by atoms with Crippen molar-refractivity contribution in [1.29, 1.82) is 0 Å². The minimum atomic E-state index is -0.263. The van der Waals surface area contributed by atoms with E-state index in [2.05, 4.69) is 0 Å². The highest BCUT2D eigenvalue weighted by atomic mass is 16.5. The second kappa shape index (κ2) is 4.82. The van der Waals surface area contributed by atoms with Gasteiger partial charge in [0, 0.05) is 6.92 Å². The molecule has 82 valence electrons.